The maximum atomic E-state index is 5.84. The Labute approximate surface area is 808 Å². The largest absolute Gasteiger partial charge is 0.354 e. The second-order valence-electron chi connectivity index (χ2n) is 38.6. The first kappa shape index (κ1) is 78.2. The van der Waals surface area contributed by atoms with Gasteiger partial charge in [0.25, 0.3) is 0 Å². The molecule has 0 radical (unpaired) electrons. The van der Waals surface area contributed by atoms with Crippen LogP contribution in [0, 0.1) is 11.8 Å². The van der Waals surface area contributed by atoms with Crippen molar-refractivity contribution in [2.75, 3.05) is 0 Å². The van der Waals surface area contributed by atoms with Crippen molar-refractivity contribution in [1.29, 1.82) is 0 Å². The zero-order valence-electron chi connectivity index (χ0n) is 76.1. The summed E-state index contributed by atoms with van der Waals surface area (Å²) < 4.78 is 0. The molecular weight excluding hydrogens is 1700 g/mol. The first-order valence-electron chi connectivity index (χ1n) is 48.6. The molecule has 16 bridgehead atoms. The van der Waals surface area contributed by atoms with Gasteiger partial charge in [0.2, 0.25) is 0 Å². The lowest BCUT2D eigenvalue weighted by Gasteiger charge is -2.10. The summed E-state index contributed by atoms with van der Waals surface area (Å²) in [5.41, 5.74) is 64.3. The molecule has 0 saturated heterocycles. The Morgan fingerprint density at radius 3 is 0.493 bits per heavy atom. The number of nitrogens with zero attached hydrogens (tertiary/aromatic N) is 4. The van der Waals surface area contributed by atoms with Gasteiger partial charge in [-0.1, -0.05) is 291 Å². The monoisotopic (exact) mass is 1780 g/mol. The van der Waals surface area contributed by atoms with E-state index in [1.54, 1.807) is 0 Å². The molecule has 30 rings (SSSR count). The molecule has 6 aliphatic carbocycles. The van der Waals surface area contributed by atoms with Crippen LogP contribution < -0.4 is 0 Å². The molecule has 140 heavy (non-hydrogen) atoms. The molecule has 20 aromatic rings. The quantitative estimate of drug-likeness (QED) is 0.113. The van der Waals surface area contributed by atoms with Crippen LogP contribution in [0.1, 0.15) is 123 Å². The summed E-state index contributed by atoms with van der Waals surface area (Å²) in [7, 11) is 0. The van der Waals surface area contributed by atoms with Crippen LogP contribution in [-0.2, 0) is 38.5 Å². The smallest absolute Gasteiger partial charge is 0.0737 e. The van der Waals surface area contributed by atoms with Crippen LogP contribution in [0.3, 0.4) is 0 Å². The van der Waals surface area contributed by atoms with Gasteiger partial charge in [-0.2, -0.15) is 0 Å². The van der Waals surface area contributed by atoms with Crippen LogP contribution in [0.15, 0.2) is 352 Å². The summed E-state index contributed by atoms with van der Waals surface area (Å²) in [6, 6.07) is 130. The van der Waals surface area contributed by atoms with Gasteiger partial charge in [0.05, 0.1) is 45.6 Å². The number of H-pyrrole nitrogens is 4. The number of aromatic nitrogens is 8. The van der Waals surface area contributed by atoms with E-state index in [4.69, 9.17) is 19.9 Å². The van der Waals surface area contributed by atoms with Gasteiger partial charge in [0, 0.05) is 99.8 Å². The number of hydrogen-bond acceptors (Lipinski definition) is 4. The van der Waals surface area contributed by atoms with Crippen LogP contribution in [0.2, 0.25) is 0 Å². The highest BCUT2D eigenvalue weighted by Gasteiger charge is 2.31. The lowest BCUT2D eigenvalue weighted by atomic mass is 9.98. The third-order valence-corrected chi connectivity index (χ3v) is 30.7. The van der Waals surface area contributed by atoms with Crippen LogP contribution in [-0.4, -0.2) is 39.9 Å². The standard InChI is InChI=1S/C132H82N8/c1-7-19-97-79(13-1)63-91-69-85(35-41-103(91)97)127-113-51-47-109(133-113)125(110-48-52-114(134-110)128(86-36-42-104-92(70-86)64-80-14-2-8-20-98(80)104)118-56-60-122(138-118)131(121-59-55-117(127)137-121)89-39-45-107-95(73-89)67-83-17-5-11-23-101(83)107)77-31-27-75(28-32-77)25-26-76-29-33-78(34-30-76)126-111-49-53-115(135-111)129(87-37-43-105-93(71-87)65-81-15-3-9-21-99(81)105)119-57-61-123(139-119)132(90-40-46-108-96(74-90)68-84-18-6-12-24-102(84)108)124-62-58-120(140-124)130(116-54-50-112(126)136-116)88-38-44-106-94(72-88)66-82-16-4-10-22-100(82)106/h1-24,27-62,69-74,133,135,138,140H,63-68H2. The molecule has 10 heterocycles. The van der Waals surface area contributed by atoms with Crippen LogP contribution in [0.25, 0.3) is 249 Å². The minimum Gasteiger partial charge on any atom is -0.354 e. The molecule has 8 heteroatoms. The highest BCUT2D eigenvalue weighted by atomic mass is 14.8. The lowest BCUT2D eigenvalue weighted by molar-refractivity contribution is 1.26. The van der Waals surface area contributed by atoms with E-state index in [2.05, 4.69) is 432 Å². The maximum absolute atomic E-state index is 5.84. The molecule has 0 unspecified atom stereocenters. The Kier molecular flexibility index (Phi) is 17.1. The summed E-state index contributed by atoms with van der Waals surface area (Å²) in [4.78, 5) is 39.7. The molecule has 6 aromatic heterocycles. The Bertz CT molecular complexity index is 8830. The fourth-order valence-electron chi connectivity index (χ4n) is 24.2. The van der Waals surface area contributed by atoms with Crippen LogP contribution in [0.4, 0.5) is 0 Å². The van der Waals surface area contributed by atoms with Crippen molar-refractivity contribution in [3.63, 3.8) is 0 Å². The Hall–Kier alpha value is -18.2. The highest BCUT2D eigenvalue weighted by Crippen LogP contribution is 2.51. The molecule has 4 aliphatic heterocycles. The number of rotatable bonds is 8. The van der Waals surface area contributed by atoms with Gasteiger partial charge in [-0.25, -0.2) is 19.9 Å². The summed E-state index contributed by atoms with van der Waals surface area (Å²) >= 11 is 0. The van der Waals surface area contributed by atoms with Crippen molar-refractivity contribution in [2.45, 2.75) is 38.5 Å². The Morgan fingerprint density at radius 2 is 0.307 bits per heavy atom. The van der Waals surface area contributed by atoms with Gasteiger partial charge in [-0.3, -0.25) is 0 Å². The van der Waals surface area contributed by atoms with Gasteiger partial charge in [0.15, 0.2) is 0 Å². The molecule has 14 aromatic carbocycles. The van der Waals surface area contributed by atoms with Gasteiger partial charge in [-0.05, 0) is 338 Å². The Balaban J connectivity index is 0.568. The Morgan fingerprint density at radius 1 is 0.150 bits per heavy atom. The average Bonchev–Trinajstić information content (AvgIpc) is 1.60. The predicted molar refractivity (Wildman–Crippen MR) is 577 cm³/mol. The summed E-state index contributed by atoms with van der Waals surface area (Å²) in [6.07, 6.45) is 22.9. The molecule has 8 nitrogen and oxygen atoms in total. The highest BCUT2D eigenvalue weighted by molar-refractivity contribution is 6.06. The molecule has 650 valence electrons. The van der Waals surface area contributed by atoms with E-state index in [-0.39, 0.29) is 0 Å². The zero-order valence-corrected chi connectivity index (χ0v) is 76.1. The van der Waals surface area contributed by atoms with E-state index >= 15 is 0 Å². The molecule has 0 fully saturated rings. The number of nitrogens with one attached hydrogen (secondary N) is 4. The normalized spacial score (nSPS) is 13.2. The fourth-order valence-corrected chi connectivity index (χ4v) is 24.2. The number of fused-ring (bicyclic) bond motifs is 34. The second-order valence-corrected chi connectivity index (χ2v) is 38.6. The fraction of sp³-hybridized carbons (Fsp3) is 0.0455. The van der Waals surface area contributed by atoms with Crippen molar-refractivity contribution >= 4 is 92.7 Å². The molecular formula is C132H82N8. The minimum atomic E-state index is 0.838. The van der Waals surface area contributed by atoms with E-state index < -0.39 is 0 Å². The summed E-state index contributed by atoms with van der Waals surface area (Å²) in [5.74, 6) is 7.26. The van der Waals surface area contributed by atoms with Crippen molar-refractivity contribution in [1.82, 2.24) is 39.9 Å². The minimum absolute atomic E-state index is 0.838. The number of aromatic amines is 4. The van der Waals surface area contributed by atoms with Crippen molar-refractivity contribution < 1.29 is 0 Å². The van der Waals surface area contributed by atoms with Crippen molar-refractivity contribution in [3.8, 4) is 168 Å². The molecule has 0 amide bonds. The molecule has 10 aliphatic rings. The maximum Gasteiger partial charge on any atom is 0.0737 e. The van der Waals surface area contributed by atoms with E-state index in [1.165, 1.54) is 134 Å². The third kappa shape index (κ3) is 12.6. The molecule has 0 saturated carbocycles. The summed E-state index contributed by atoms with van der Waals surface area (Å²) in [6.45, 7) is 0. The number of hydrogen-bond donors (Lipinski definition) is 4. The van der Waals surface area contributed by atoms with E-state index in [9.17, 15) is 0 Å². The van der Waals surface area contributed by atoms with Crippen molar-refractivity contribution in [3.05, 3.63) is 475 Å². The first-order chi connectivity index (χ1) is 69.2. The molecule has 0 atom stereocenters. The molecule has 0 spiro atoms. The summed E-state index contributed by atoms with van der Waals surface area (Å²) in [5, 5.41) is 0. The lowest BCUT2D eigenvalue weighted by Crippen LogP contribution is -1.91. The van der Waals surface area contributed by atoms with Gasteiger partial charge >= 0.3 is 0 Å². The van der Waals surface area contributed by atoms with Crippen molar-refractivity contribution in [2.24, 2.45) is 0 Å². The van der Waals surface area contributed by atoms with Gasteiger partial charge in [0.1, 0.15) is 0 Å². The first-order valence-corrected chi connectivity index (χ1v) is 48.6. The zero-order chi connectivity index (χ0) is 91.5. The topological polar surface area (TPSA) is 115 Å². The van der Waals surface area contributed by atoms with Gasteiger partial charge < -0.3 is 19.9 Å². The average molecular weight is 1780 g/mol. The molecule has 4 N–H and O–H groups in total. The number of benzene rings is 14. The van der Waals surface area contributed by atoms with E-state index in [1.807, 2.05) is 0 Å². The van der Waals surface area contributed by atoms with E-state index in [0.29, 0.717) is 0 Å². The predicted octanol–water partition coefficient (Wildman–Crippen LogP) is 31.8. The third-order valence-electron chi connectivity index (χ3n) is 30.7. The SMILES string of the molecule is C(#Cc1ccc(-c2c3nc(c(-c4ccc5c(c4)Cc4ccccc4-5)c4ccc([nH]4)c(-c4ccc5c(c4)Cc4ccccc4-5)c4nc(c(-c5ccc6c(c5)Cc5ccccc5-6)c5ccc2[nH]5)C=C4)C=C3)cc1)c1ccc(-c2c3nc(c(-c4ccc5c(c4)Cc4ccccc4-5)c4ccc([nH]4)c(-c4ccc5c(c4)Cc4ccccc4-5)c4nc(c(-c5ccc6c(c5)Cc5ccccc5-6)c5ccc2[nH]5)C=C4)C=C3)cc1. The second kappa shape index (κ2) is 30.7. The van der Waals surface area contributed by atoms with Gasteiger partial charge in [-0.15, -0.1) is 0 Å². The van der Waals surface area contributed by atoms with Crippen LogP contribution >= 0.6 is 0 Å². The van der Waals surface area contributed by atoms with Crippen LogP contribution in [0.5, 0.6) is 0 Å². The van der Waals surface area contributed by atoms with E-state index in [0.717, 1.165) is 228 Å².